The Morgan fingerprint density at radius 3 is 2.53 bits per heavy atom. The maximum Gasteiger partial charge on any atom is 0.224 e. The molecule has 2 atom stereocenters. The van der Waals surface area contributed by atoms with E-state index < -0.39 is 0 Å². The van der Waals surface area contributed by atoms with Gasteiger partial charge in [0.05, 0.1) is 23.9 Å². The van der Waals surface area contributed by atoms with E-state index in [2.05, 4.69) is 54.3 Å². The minimum Gasteiger partial charge on any atom is -0.494 e. The van der Waals surface area contributed by atoms with E-state index in [0.717, 1.165) is 77.7 Å². The molecule has 192 valence electrons. The van der Waals surface area contributed by atoms with E-state index in [1.807, 2.05) is 30.2 Å². The third kappa shape index (κ3) is 6.05. The van der Waals surface area contributed by atoms with Crippen LogP contribution in [0.15, 0.2) is 48.7 Å². The van der Waals surface area contributed by atoms with E-state index in [1.54, 1.807) is 14.0 Å². The highest BCUT2D eigenvalue weighted by Gasteiger charge is 2.31. The number of carbonyl (C=O) groups is 1. The van der Waals surface area contributed by atoms with Crippen molar-refractivity contribution in [1.29, 1.82) is 0 Å². The highest BCUT2D eigenvalue weighted by Crippen LogP contribution is 2.37. The van der Waals surface area contributed by atoms with Gasteiger partial charge in [0.1, 0.15) is 5.75 Å². The molecule has 1 aromatic heterocycles. The van der Waals surface area contributed by atoms with Crippen LogP contribution in [0.1, 0.15) is 44.6 Å². The second-order valence-electron chi connectivity index (χ2n) is 10.1. The molecule has 1 heterocycles. The van der Waals surface area contributed by atoms with Crippen LogP contribution < -0.4 is 9.64 Å². The molecule has 0 radical (unpaired) electrons. The monoisotopic (exact) mass is 489 g/mol. The molecule has 1 aliphatic rings. The Hall–Kier alpha value is -2.96. The molecule has 1 saturated carbocycles. The summed E-state index contributed by atoms with van der Waals surface area (Å²) >= 11 is 0. The summed E-state index contributed by atoms with van der Waals surface area (Å²) in [5.41, 5.74) is 5.08. The van der Waals surface area contributed by atoms with Crippen LogP contribution >= 0.6 is 0 Å². The molecule has 6 heteroatoms. The topological polar surface area (TPSA) is 54.9 Å². The minimum absolute atomic E-state index is 0.0634. The zero-order valence-electron chi connectivity index (χ0n) is 22.3. The lowest BCUT2D eigenvalue weighted by Gasteiger charge is -2.37. The molecule has 2 aromatic carbocycles. The molecule has 1 aliphatic carbocycles. The van der Waals surface area contributed by atoms with E-state index in [9.17, 15) is 4.79 Å². The second-order valence-corrected chi connectivity index (χ2v) is 10.1. The number of hydrogen-bond acceptors (Lipinski definition) is 5. The van der Waals surface area contributed by atoms with Gasteiger partial charge in [0.25, 0.3) is 0 Å². The van der Waals surface area contributed by atoms with Gasteiger partial charge in [-0.25, -0.2) is 0 Å². The number of fused-ring (bicyclic) bond motifs is 1. The van der Waals surface area contributed by atoms with Gasteiger partial charge in [-0.2, -0.15) is 0 Å². The number of anilines is 1. The number of hydrogen-bond donors (Lipinski definition) is 0. The van der Waals surface area contributed by atoms with Crippen molar-refractivity contribution in [3.05, 3.63) is 54.2 Å². The number of nitrogens with zero attached hydrogens (tertiary/aromatic N) is 3. The Balaban J connectivity index is 1.64. The van der Waals surface area contributed by atoms with Crippen molar-refractivity contribution < 1.29 is 14.3 Å². The van der Waals surface area contributed by atoms with Crippen LogP contribution in [0.5, 0.6) is 5.75 Å². The zero-order valence-corrected chi connectivity index (χ0v) is 22.3. The van der Waals surface area contributed by atoms with Gasteiger partial charge < -0.3 is 19.3 Å². The number of ether oxygens (including phenoxy) is 2. The summed E-state index contributed by atoms with van der Waals surface area (Å²) < 4.78 is 11.6. The van der Waals surface area contributed by atoms with Gasteiger partial charge in [0, 0.05) is 38.2 Å². The first-order valence-corrected chi connectivity index (χ1v) is 13.0. The van der Waals surface area contributed by atoms with Crippen LogP contribution in [0, 0.1) is 6.92 Å². The summed E-state index contributed by atoms with van der Waals surface area (Å²) in [5.74, 6) is 0.942. The van der Waals surface area contributed by atoms with Crippen LogP contribution in [0.4, 0.5) is 5.69 Å². The molecule has 0 aliphatic heterocycles. The maximum atomic E-state index is 13.0. The smallest absolute Gasteiger partial charge is 0.224 e. The van der Waals surface area contributed by atoms with Crippen molar-refractivity contribution in [3.63, 3.8) is 0 Å². The molecule has 1 unspecified atom stereocenters. The van der Waals surface area contributed by atoms with Crippen molar-refractivity contribution in [3.8, 4) is 16.9 Å². The molecule has 1 amide bonds. The summed E-state index contributed by atoms with van der Waals surface area (Å²) in [7, 11) is 5.91. The highest BCUT2D eigenvalue weighted by molar-refractivity contribution is 6.04. The lowest BCUT2D eigenvalue weighted by molar-refractivity contribution is -0.117. The first-order chi connectivity index (χ1) is 17.4. The lowest BCUT2D eigenvalue weighted by Crippen LogP contribution is -2.44. The van der Waals surface area contributed by atoms with Crippen molar-refractivity contribution in [2.24, 2.45) is 0 Å². The number of carbonyl (C=O) groups excluding carboxylic acids is 1. The number of rotatable bonds is 9. The molecule has 6 nitrogen and oxygen atoms in total. The SMILES string of the molecule is CO[C@H]1CCCC(N(C(C)=O)c2c(C)cnc3ccc(-c4ccc(OCCCN(C)C)cc4)cc23)C1. The molecule has 0 spiro atoms. The Bertz CT molecular complexity index is 1180. The van der Waals surface area contributed by atoms with E-state index in [4.69, 9.17) is 9.47 Å². The number of aryl methyl sites for hydroxylation is 1. The summed E-state index contributed by atoms with van der Waals surface area (Å²) in [4.78, 5) is 21.9. The Kier molecular flexibility index (Phi) is 8.60. The van der Waals surface area contributed by atoms with Gasteiger partial charge in [-0.1, -0.05) is 18.2 Å². The summed E-state index contributed by atoms with van der Waals surface area (Å²) in [5, 5.41) is 1.01. The fraction of sp³-hybridized carbons (Fsp3) is 0.467. The Morgan fingerprint density at radius 1 is 1.08 bits per heavy atom. The molecule has 1 fully saturated rings. The van der Waals surface area contributed by atoms with Crippen molar-refractivity contribution in [1.82, 2.24) is 9.88 Å². The summed E-state index contributed by atoms with van der Waals surface area (Å²) in [6.45, 7) is 5.43. The van der Waals surface area contributed by atoms with Crippen molar-refractivity contribution in [2.45, 2.75) is 58.1 Å². The minimum atomic E-state index is 0.0634. The van der Waals surface area contributed by atoms with E-state index in [-0.39, 0.29) is 18.1 Å². The van der Waals surface area contributed by atoms with Crippen molar-refractivity contribution >= 4 is 22.5 Å². The average Bonchev–Trinajstić information content (AvgIpc) is 2.88. The number of methoxy groups -OCH3 is 1. The number of amides is 1. The van der Waals surface area contributed by atoms with Crippen LogP contribution in [0.3, 0.4) is 0 Å². The standard InChI is InChI=1S/C30H39N3O3/c1-21-20-31-29-15-12-24(23-10-13-26(14-11-23)36-17-7-16-32(3)4)18-28(29)30(21)33(22(2)34)25-8-6-9-27(19-25)35-5/h10-15,18,20,25,27H,6-9,16-17,19H2,1-5H3/t25?,27-/m0/s1. The molecule has 3 aromatic rings. The van der Waals surface area contributed by atoms with Gasteiger partial charge in [-0.3, -0.25) is 9.78 Å². The van der Waals surface area contributed by atoms with Crippen LogP contribution in [-0.4, -0.2) is 62.3 Å². The van der Waals surface area contributed by atoms with Crippen molar-refractivity contribution in [2.75, 3.05) is 39.3 Å². The highest BCUT2D eigenvalue weighted by atomic mass is 16.5. The third-order valence-electron chi connectivity index (χ3n) is 7.11. The lowest BCUT2D eigenvalue weighted by atomic mass is 9.90. The van der Waals surface area contributed by atoms with Gasteiger partial charge in [0.2, 0.25) is 5.91 Å². The Labute approximate surface area is 215 Å². The first kappa shape index (κ1) is 26.1. The zero-order chi connectivity index (χ0) is 25.7. The predicted molar refractivity (Wildman–Crippen MR) is 147 cm³/mol. The first-order valence-electron chi connectivity index (χ1n) is 13.0. The van der Waals surface area contributed by atoms with Crippen LogP contribution in [0.25, 0.3) is 22.0 Å². The normalized spacial score (nSPS) is 17.9. The maximum absolute atomic E-state index is 13.0. The van der Waals surface area contributed by atoms with Gasteiger partial charge in [-0.05, 0) is 94.1 Å². The van der Waals surface area contributed by atoms with Gasteiger partial charge in [0.15, 0.2) is 0 Å². The molecular weight excluding hydrogens is 450 g/mol. The fourth-order valence-electron chi connectivity index (χ4n) is 5.26. The number of benzene rings is 2. The quantitative estimate of drug-likeness (QED) is 0.353. The van der Waals surface area contributed by atoms with E-state index >= 15 is 0 Å². The molecule has 0 bridgehead atoms. The number of aromatic nitrogens is 1. The number of pyridine rings is 1. The molecule has 4 rings (SSSR count). The third-order valence-corrected chi connectivity index (χ3v) is 7.11. The van der Waals surface area contributed by atoms with E-state index in [0.29, 0.717) is 6.61 Å². The molecular formula is C30H39N3O3. The predicted octanol–water partition coefficient (Wildman–Crippen LogP) is 5.85. The fourth-order valence-corrected chi connectivity index (χ4v) is 5.26. The summed E-state index contributed by atoms with van der Waals surface area (Å²) in [6, 6.07) is 14.7. The van der Waals surface area contributed by atoms with Crippen LogP contribution in [0.2, 0.25) is 0 Å². The van der Waals surface area contributed by atoms with Gasteiger partial charge >= 0.3 is 0 Å². The summed E-state index contributed by atoms with van der Waals surface area (Å²) in [6.07, 6.45) is 7.02. The average molecular weight is 490 g/mol. The molecule has 0 saturated heterocycles. The largest absolute Gasteiger partial charge is 0.494 e. The Morgan fingerprint density at radius 2 is 1.83 bits per heavy atom. The molecule has 36 heavy (non-hydrogen) atoms. The molecule has 0 N–H and O–H groups in total. The van der Waals surface area contributed by atoms with Gasteiger partial charge in [-0.15, -0.1) is 0 Å². The second kappa shape index (κ2) is 11.8. The van der Waals surface area contributed by atoms with E-state index in [1.165, 1.54) is 0 Å². The van der Waals surface area contributed by atoms with Crippen LogP contribution in [-0.2, 0) is 9.53 Å².